The summed E-state index contributed by atoms with van der Waals surface area (Å²) in [7, 11) is 8.79. The molecular formula is C92H93N3O25. The number of hydrogen-bond donors (Lipinski definition) is 2. The zero-order chi connectivity index (χ0) is 88.2. The number of carboxylic acids is 1. The predicted octanol–water partition coefficient (Wildman–Crippen LogP) is 13.6. The number of ether oxygens (including phenoxy) is 6. The molecule has 28 heteroatoms. The van der Waals surface area contributed by atoms with Crippen molar-refractivity contribution < 1.29 is 99.1 Å². The lowest BCUT2D eigenvalue weighted by molar-refractivity contribution is -0.128. The second kappa shape index (κ2) is 50.7. The highest BCUT2D eigenvalue weighted by atomic mass is 16.5. The Labute approximate surface area is 691 Å². The van der Waals surface area contributed by atoms with Crippen molar-refractivity contribution in [1.29, 1.82) is 0 Å². The number of aromatic carboxylic acids is 1. The topological polar surface area (TPSA) is 386 Å². The van der Waals surface area contributed by atoms with Gasteiger partial charge in [0.15, 0.2) is 52.5 Å². The van der Waals surface area contributed by atoms with E-state index in [2.05, 4.69) is 5.32 Å². The molecule has 10 aromatic rings. The van der Waals surface area contributed by atoms with Crippen molar-refractivity contribution >= 4 is 70.8 Å². The van der Waals surface area contributed by atoms with Gasteiger partial charge in [0.05, 0.1) is 18.8 Å². The van der Waals surface area contributed by atoms with Crippen LogP contribution < -0.4 is 46.0 Å². The zero-order valence-corrected chi connectivity index (χ0v) is 68.3. The molecular weight excluding hydrogens is 1550 g/mol. The molecule has 0 spiro atoms. The molecule has 10 rings (SSSR count). The van der Waals surface area contributed by atoms with Crippen LogP contribution in [0.15, 0.2) is 268 Å². The van der Waals surface area contributed by atoms with Crippen LogP contribution >= 0.6 is 0 Å². The van der Waals surface area contributed by atoms with Crippen molar-refractivity contribution in [3.8, 4) is 23.0 Å². The SMILES string of the molecule is CC(=O)/C(=C\N(C)C)C(=O)C(C)OCc1ccccc1.CC(=O)/C=C/N(C)C.CC(=O)c1coc(/C=C/c2ccccc2)c(OCc2ccccc2)c1=O.CC(=O)c1coc(C(=O)O)c(OCc2ccccc2)c1=O.CC(=O)c1coc(C=O)c(OCc2ccccc2)c1=O.COCCNC(=O)c1occ(C(C)=O)c(=O)c1OCc1ccccc1. The van der Waals surface area contributed by atoms with Crippen LogP contribution in [0.25, 0.3) is 12.2 Å². The van der Waals surface area contributed by atoms with Crippen molar-refractivity contribution in [3.05, 3.63) is 351 Å². The Hall–Kier alpha value is -14.6. The van der Waals surface area contributed by atoms with E-state index >= 15 is 0 Å². The molecule has 0 bridgehead atoms. The predicted molar refractivity (Wildman–Crippen MR) is 447 cm³/mol. The number of nitrogens with zero attached hydrogens (tertiary/aromatic N) is 2. The van der Waals surface area contributed by atoms with Crippen LogP contribution in [0.1, 0.15) is 161 Å². The van der Waals surface area contributed by atoms with Crippen LogP contribution in [0, 0.1) is 0 Å². The molecule has 1 atom stereocenters. The van der Waals surface area contributed by atoms with E-state index in [-0.39, 0.29) is 118 Å². The first kappa shape index (κ1) is 95.9. The summed E-state index contributed by atoms with van der Waals surface area (Å²) in [5.41, 5.74) is 2.27. The average Bonchev–Trinajstić information content (AvgIpc) is 0.796. The summed E-state index contributed by atoms with van der Waals surface area (Å²) < 4.78 is 52.8. The van der Waals surface area contributed by atoms with Crippen LogP contribution in [-0.2, 0) is 56.9 Å². The van der Waals surface area contributed by atoms with Gasteiger partial charge in [-0.15, -0.1) is 0 Å². The number of aldehydes is 1. The highest BCUT2D eigenvalue weighted by Crippen LogP contribution is 2.23. The van der Waals surface area contributed by atoms with Crippen LogP contribution in [0.4, 0.5) is 0 Å². The fraction of sp³-hybridized carbons (Fsp3) is 0.217. The molecule has 0 aliphatic rings. The Bertz CT molecular complexity index is 5440. The van der Waals surface area contributed by atoms with Gasteiger partial charge in [-0.25, -0.2) is 4.79 Å². The molecule has 1 unspecified atom stereocenters. The molecule has 4 aromatic heterocycles. The van der Waals surface area contributed by atoms with Gasteiger partial charge < -0.3 is 66.3 Å². The third-order valence-corrected chi connectivity index (χ3v) is 16.0. The van der Waals surface area contributed by atoms with Gasteiger partial charge in [-0.1, -0.05) is 188 Å². The Morgan fingerprint density at radius 2 is 0.783 bits per heavy atom. The van der Waals surface area contributed by atoms with E-state index in [0.717, 1.165) is 52.2 Å². The van der Waals surface area contributed by atoms with Crippen molar-refractivity contribution in [1.82, 2.24) is 15.1 Å². The maximum Gasteiger partial charge on any atom is 0.375 e. The van der Waals surface area contributed by atoms with Gasteiger partial charge in [0, 0.05) is 54.2 Å². The van der Waals surface area contributed by atoms with E-state index in [1.54, 1.807) is 62.5 Å². The van der Waals surface area contributed by atoms with Gasteiger partial charge in [-0.2, -0.15) is 0 Å². The van der Waals surface area contributed by atoms with Crippen molar-refractivity contribution in [2.45, 2.75) is 87.6 Å². The molecule has 0 aliphatic heterocycles. The highest BCUT2D eigenvalue weighted by molar-refractivity contribution is 6.20. The molecule has 626 valence electrons. The van der Waals surface area contributed by atoms with E-state index in [1.807, 2.05) is 183 Å². The number of ketones is 7. The monoisotopic (exact) mass is 1640 g/mol. The van der Waals surface area contributed by atoms with Crippen molar-refractivity contribution in [2.24, 2.45) is 0 Å². The highest BCUT2D eigenvalue weighted by Gasteiger charge is 2.27. The summed E-state index contributed by atoms with van der Waals surface area (Å²) in [6.07, 6.45) is 12.0. The number of rotatable bonds is 33. The first-order chi connectivity index (χ1) is 57.4. The third kappa shape index (κ3) is 32.2. The Morgan fingerprint density at radius 1 is 0.442 bits per heavy atom. The number of hydrogen-bond acceptors (Lipinski definition) is 26. The molecule has 0 saturated heterocycles. The number of nitrogens with one attached hydrogen (secondary N) is 1. The van der Waals surface area contributed by atoms with E-state index in [4.69, 9.17) is 51.2 Å². The molecule has 0 fully saturated rings. The van der Waals surface area contributed by atoms with Crippen LogP contribution in [-0.4, -0.2) is 128 Å². The van der Waals surface area contributed by atoms with Crippen LogP contribution in [0.2, 0.25) is 0 Å². The number of amides is 1. The summed E-state index contributed by atoms with van der Waals surface area (Å²) in [4.78, 5) is 167. The summed E-state index contributed by atoms with van der Waals surface area (Å²) in [5, 5.41) is 11.6. The molecule has 1 amide bonds. The van der Waals surface area contributed by atoms with Gasteiger partial charge in [0.25, 0.3) is 11.7 Å². The van der Waals surface area contributed by atoms with E-state index < -0.39 is 68.6 Å². The largest absolute Gasteiger partial charge is 0.481 e. The second-order valence-electron chi connectivity index (χ2n) is 26.1. The zero-order valence-electron chi connectivity index (χ0n) is 68.3. The maximum atomic E-state index is 12.6. The minimum Gasteiger partial charge on any atom is -0.481 e. The Kier molecular flexibility index (Phi) is 40.5. The standard InChI is InChI=1S/C22H18O4.C18H19NO6.C16H21NO3.C15H12O6.C15H12O5.C6H11NO/c1-16(23)19-15-25-20(13-12-17-8-4-2-5-9-17)22(21(19)24)26-14-18-10-6-3-7-11-18;1-12(20)14-11-25-17(18(22)19-8-9-23-2)16(15(14)21)24-10-13-6-4-3-5-7-13;1-12(18)15(10-17(3)4)16(19)13(2)20-11-14-8-6-5-7-9-14;1-9(16)11-8-21-14(15(18)19)13(12(11)17)20-7-10-5-3-2-4-6-10;1-10(17)12-9-19-13(7-16)15(14(12)18)20-8-11-5-3-2-4-6-11;1-6(8)4-5-7(2)3/h2-13,15H,14H2,1H3;3-7,11H,8-10H2,1-2H3,(H,19,22);5-10,13H,11H2,1-4H3;2-6,8H,7H2,1H3,(H,18,19);2-7,9H,8H2,1H3;4-5H,1-3H3/b13-12+;;15-10+;;;5-4+. The van der Waals surface area contributed by atoms with Gasteiger partial charge in [-0.05, 0) is 94.0 Å². The van der Waals surface area contributed by atoms with Crippen molar-refractivity contribution in [2.75, 3.05) is 48.5 Å². The fourth-order valence-electron chi connectivity index (χ4n) is 9.77. The first-order valence-corrected chi connectivity index (χ1v) is 36.8. The molecule has 6 aromatic carbocycles. The Balaban J connectivity index is 0.000000262. The van der Waals surface area contributed by atoms with Crippen LogP contribution in [0.5, 0.6) is 23.0 Å². The van der Waals surface area contributed by atoms with E-state index in [0.29, 0.717) is 19.5 Å². The number of allylic oxidation sites excluding steroid dienone is 1. The Morgan fingerprint density at radius 3 is 1.12 bits per heavy atom. The lowest BCUT2D eigenvalue weighted by Crippen LogP contribution is -2.29. The molecule has 120 heavy (non-hydrogen) atoms. The van der Waals surface area contributed by atoms with Gasteiger partial charge >= 0.3 is 5.97 Å². The molecule has 0 radical (unpaired) electrons. The van der Waals surface area contributed by atoms with Gasteiger partial charge in [0.2, 0.25) is 56.2 Å². The van der Waals surface area contributed by atoms with Crippen LogP contribution in [0.3, 0.4) is 0 Å². The molecule has 0 aliphatic carbocycles. The van der Waals surface area contributed by atoms with E-state index in [1.165, 1.54) is 67.2 Å². The average molecular weight is 1640 g/mol. The maximum absolute atomic E-state index is 12.6. The van der Waals surface area contributed by atoms with Crippen molar-refractivity contribution in [3.63, 3.8) is 0 Å². The fourth-order valence-corrected chi connectivity index (χ4v) is 9.77. The molecule has 2 N–H and O–H groups in total. The summed E-state index contributed by atoms with van der Waals surface area (Å²) in [5.74, 6) is -6.12. The quantitative estimate of drug-likeness (QED) is 0.00963. The second-order valence-corrected chi connectivity index (χ2v) is 26.1. The number of Topliss-reactive ketones (excluding diaryl/α,β-unsaturated/α-hetero) is 6. The molecule has 0 saturated carbocycles. The van der Waals surface area contributed by atoms with Gasteiger partial charge in [0.1, 0.15) is 79.8 Å². The number of carboxylic acid groups (broad SMARTS) is 1. The summed E-state index contributed by atoms with van der Waals surface area (Å²) in [6, 6.07) is 55.9. The normalized spacial score (nSPS) is 10.8. The minimum absolute atomic E-state index is 0.00671. The number of carbonyl (C=O) groups excluding carboxylic acids is 9. The summed E-state index contributed by atoms with van der Waals surface area (Å²) >= 11 is 0. The van der Waals surface area contributed by atoms with E-state index in [9.17, 15) is 67.1 Å². The lowest BCUT2D eigenvalue weighted by atomic mass is 10.0. The smallest absolute Gasteiger partial charge is 0.375 e. The third-order valence-electron chi connectivity index (χ3n) is 16.0. The molecule has 4 heterocycles. The number of benzene rings is 6. The first-order valence-electron chi connectivity index (χ1n) is 36.8. The number of methoxy groups -OCH3 is 1. The lowest BCUT2D eigenvalue weighted by Gasteiger charge is -2.15. The summed E-state index contributed by atoms with van der Waals surface area (Å²) in [6.45, 7) is 10.8. The number of carbonyl (C=O) groups is 10. The minimum atomic E-state index is -1.44. The molecule has 28 nitrogen and oxygen atoms in total. The van der Waals surface area contributed by atoms with Gasteiger partial charge in [-0.3, -0.25) is 62.3 Å².